The molecule has 0 fully saturated rings. The molecule has 80 valence electrons. The van der Waals surface area contributed by atoms with Crippen molar-refractivity contribution in [2.75, 3.05) is 0 Å². The molecule has 0 radical (unpaired) electrons. The average molecular weight is 202 g/mol. The third-order valence-corrected chi connectivity index (χ3v) is 2.14. The fourth-order valence-corrected chi connectivity index (χ4v) is 1.36. The molecule has 1 heterocycles. The molecular weight excluding hydrogens is 184 g/mol. The Labute approximate surface area is 91.6 Å². The molecule has 0 amide bonds. The van der Waals surface area contributed by atoms with Gasteiger partial charge in [0, 0.05) is 18.1 Å². The number of rotatable bonds is 1. The van der Waals surface area contributed by atoms with Crippen LogP contribution in [0, 0.1) is 13.8 Å². The molecular formula is C13H18N2. The van der Waals surface area contributed by atoms with Crippen LogP contribution in [0.3, 0.4) is 0 Å². The summed E-state index contributed by atoms with van der Waals surface area (Å²) in [4.78, 5) is 4.18. The quantitative estimate of drug-likeness (QED) is 0.692. The van der Waals surface area contributed by atoms with Crippen LogP contribution in [-0.2, 0) is 0 Å². The van der Waals surface area contributed by atoms with E-state index >= 15 is 0 Å². The molecule has 2 rings (SSSR count). The van der Waals surface area contributed by atoms with Crippen LogP contribution in [0.25, 0.3) is 5.69 Å². The standard InChI is InChI=1S/C11H12N2.C2H6/c1-9-3-5-11(6-4-9)13-8-7-12-10(13)2;1-2/h3-8H,1-2H3;1-2H3. The Kier molecular flexibility index (Phi) is 4.10. The lowest BCUT2D eigenvalue weighted by molar-refractivity contribution is 0.974. The van der Waals surface area contributed by atoms with E-state index in [1.165, 1.54) is 11.3 Å². The lowest BCUT2D eigenvalue weighted by atomic mass is 10.2. The minimum atomic E-state index is 1.02. The fourth-order valence-electron chi connectivity index (χ4n) is 1.36. The maximum Gasteiger partial charge on any atom is 0.110 e. The second kappa shape index (κ2) is 5.35. The van der Waals surface area contributed by atoms with E-state index in [0.717, 1.165) is 5.82 Å². The largest absolute Gasteiger partial charge is 0.304 e. The summed E-state index contributed by atoms with van der Waals surface area (Å²) in [6.45, 7) is 8.09. The Balaban J connectivity index is 0.000000531. The summed E-state index contributed by atoms with van der Waals surface area (Å²) in [6.07, 6.45) is 3.79. The molecule has 0 spiro atoms. The molecule has 0 saturated heterocycles. The third-order valence-electron chi connectivity index (χ3n) is 2.14. The normalized spacial score (nSPS) is 9.33. The van der Waals surface area contributed by atoms with Crippen LogP contribution in [0.4, 0.5) is 0 Å². The first-order chi connectivity index (χ1) is 7.27. The van der Waals surface area contributed by atoms with Crippen molar-refractivity contribution >= 4 is 0 Å². The molecule has 0 N–H and O–H groups in total. The first kappa shape index (κ1) is 11.5. The highest BCUT2D eigenvalue weighted by molar-refractivity contribution is 5.35. The zero-order valence-electron chi connectivity index (χ0n) is 9.86. The highest BCUT2D eigenvalue weighted by Crippen LogP contribution is 2.10. The van der Waals surface area contributed by atoms with Gasteiger partial charge in [-0.2, -0.15) is 0 Å². The van der Waals surface area contributed by atoms with Crippen molar-refractivity contribution in [1.29, 1.82) is 0 Å². The van der Waals surface area contributed by atoms with Crippen LogP contribution in [-0.4, -0.2) is 9.55 Å². The van der Waals surface area contributed by atoms with Gasteiger partial charge in [0.25, 0.3) is 0 Å². The predicted octanol–water partition coefficient (Wildman–Crippen LogP) is 3.52. The summed E-state index contributed by atoms with van der Waals surface area (Å²) in [7, 11) is 0. The number of benzene rings is 1. The van der Waals surface area contributed by atoms with Gasteiger partial charge in [-0.05, 0) is 26.0 Å². The van der Waals surface area contributed by atoms with Gasteiger partial charge < -0.3 is 4.57 Å². The van der Waals surface area contributed by atoms with E-state index in [4.69, 9.17) is 0 Å². The van der Waals surface area contributed by atoms with Crippen molar-refractivity contribution in [3.63, 3.8) is 0 Å². The maximum absolute atomic E-state index is 4.18. The Morgan fingerprint density at radius 1 is 1.00 bits per heavy atom. The summed E-state index contributed by atoms with van der Waals surface area (Å²) in [6, 6.07) is 8.41. The monoisotopic (exact) mass is 202 g/mol. The topological polar surface area (TPSA) is 17.8 Å². The Bertz CT molecular complexity index is 399. The molecule has 0 saturated carbocycles. The fraction of sp³-hybridized carbons (Fsp3) is 0.308. The molecule has 2 heteroatoms. The molecule has 2 aromatic rings. The Hall–Kier alpha value is -1.57. The van der Waals surface area contributed by atoms with E-state index in [0.29, 0.717) is 0 Å². The van der Waals surface area contributed by atoms with E-state index in [-0.39, 0.29) is 0 Å². The Morgan fingerprint density at radius 3 is 2.07 bits per heavy atom. The van der Waals surface area contributed by atoms with E-state index in [2.05, 4.69) is 40.7 Å². The molecule has 15 heavy (non-hydrogen) atoms. The lowest BCUT2D eigenvalue weighted by Crippen LogP contribution is -1.94. The molecule has 2 nitrogen and oxygen atoms in total. The summed E-state index contributed by atoms with van der Waals surface area (Å²) in [5.74, 6) is 1.02. The van der Waals surface area contributed by atoms with Gasteiger partial charge in [0.05, 0.1) is 0 Å². The minimum absolute atomic E-state index is 1.02. The lowest BCUT2D eigenvalue weighted by Gasteiger charge is -2.04. The number of nitrogens with zero attached hydrogens (tertiary/aromatic N) is 2. The van der Waals surface area contributed by atoms with Crippen LogP contribution in [0.1, 0.15) is 25.2 Å². The zero-order chi connectivity index (χ0) is 11.3. The van der Waals surface area contributed by atoms with Crippen LogP contribution in [0.5, 0.6) is 0 Å². The van der Waals surface area contributed by atoms with Crippen molar-refractivity contribution < 1.29 is 0 Å². The second-order valence-corrected chi connectivity index (χ2v) is 3.18. The van der Waals surface area contributed by atoms with Gasteiger partial charge in [-0.1, -0.05) is 31.5 Å². The number of aromatic nitrogens is 2. The SMILES string of the molecule is CC.Cc1ccc(-n2ccnc2C)cc1. The number of hydrogen-bond donors (Lipinski definition) is 0. The van der Waals surface area contributed by atoms with Crippen molar-refractivity contribution in [3.05, 3.63) is 48.0 Å². The second-order valence-electron chi connectivity index (χ2n) is 3.18. The summed E-state index contributed by atoms with van der Waals surface area (Å²) < 4.78 is 2.07. The van der Waals surface area contributed by atoms with Gasteiger partial charge in [0.1, 0.15) is 5.82 Å². The molecule has 1 aromatic heterocycles. The van der Waals surface area contributed by atoms with Gasteiger partial charge in [0.15, 0.2) is 0 Å². The third kappa shape index (κ3) is 2.69. The van der Waals surface area contributed by atoms with Gasteiger partial charge >= 0.3 is 0 Å². The molecule has 0 unspecified atom stereocenters. The van der Waals surface area contributed by atoms with Crippen molar-refractivity contribution in [2.45, 2.75) is 27.7 Å². The maximum atomic E-state index is 4.18. The molecule has 0 atom stereocenters. The van der Waals surface area contributed by atoms with E-state index < -0.39 is 0 Å². The highest BCUT2D eigenvalue weighted by Gasteiger charge is 1.98. The molecule has 0 bridgehead atoms. The van der Waals surface area contributed by atoms with Crippen LogP contribution in [0.15, 0.2) is 36.7 Å². The zero-order valence-corrected chi connectivity index (χ0v) is 9.86. The van der Waals surface area contributed by atoms with Crippen molar-refractivity contribution in [2.24, 2.45) is 0 Å². The van der Waals surface area contributed by atoms with Gasteiger partial charge in [0.2, 0.25) is 0 Å². The minimum Gasteiger partial charge on any atom is -0.304 e. The van der Waals surface area contributed by atoms with E-state index in [1.54, 1.807) is 0 Å². The van der Waals surface area contributed by atoms with Crippen molar-refractivity contribution in [1.82, 2.24) is 9.55 Å². The highest BCUT2D eigenvalue weighted by atomic mass is 15.1. The van der Waals surface area contributed by atoms with Gasteiger partial charge in [-0.3, -0.25) is 0 Å². The molecule has 0 aliphatic heterocycles. The first-order valence-corrected chi connectivity index (χ1v) is 5.34. The van der Waals surface area contributed by atoms with E-state index in [1.807, 2.05) is 33.2 Å². The van der Waals surface area contributed by atoms with Crippen LogP contribution < -0.4 is 0 Å². The van der Waals surface area contributed by atoms with Gasteiger partial charge in [-0.25, -0.2) is 4.98 Å². The first-order valence-electron chi connectivity index (χ1n) is 5.34. The van der Waals surface area contributed by atoms with Crippen LogP contribution in [0.2, 0.25) is 0 Å². The number of imidazole rings is 1. The van der Waals surface area contributed by atoms with Crippen molar-refractivity contribution in [3.8, 4) is 5.69 Å². The average Bonchev–Trinajstić information content (AvgIpc) is 2.69. The number of aryl methyl sites for hydroxylation is 2. The molecule has 1 aromatic carbocycles. The number of hydrogen-bond acceptors (Lipinski definition) is 1. The Morgan fingerprint density at radius 2 is 1.60 bits per heavy atom. The predicted molar refractivity (Wildman–Crippen MR) is 64.4 cm³/mol. The summed E-state index contributed by atoms with van der Waals surface area (Å²) in [5.41, 5.74) is 2.45. The molecule has 0 aliphatic rings. The van der Waals surface area contributed by atoms with Gasteiger partial charge in [-0.15, -0.1) is 0 Å². The smallest absolute Gasteiger partial charge is 0.110 e. The summed E-state index contributed by atoms with van der Waals surface area (Å²) in [5, 5.41) is 0. The molecule has 0 aliphatic carbocycles. The van der Waals surface area contributed by atoms with E-state index in [9.17, 15) is 0 Å². The summed E-state index contributed by atoms with van der Waals surface area (Å²) >= 11 is 0. The van der Waals surface area contributed by atoms with Crippen LogP contribution >= 0.6 is 0 Å².